The minimum Gasteiger partial charge on any atom is -0.394 e. The van der Waals surface area contributed by atoms with Crippen LogP contribution in [0.2, 0.25) is 0 Å². The van der Waals surface area contributed by atoms with Gasteiger partial charge in [-0.05, 0) is 0 Å². The van der Waals surface area contributed by atoms with Gasteiger partial charge in [-0.25, -0.2) is 0 Å². The fraction of sp³-hybridized carbons (Fsp3) is 1.00. The standard InChI is InChI=1S/C5H14BNO3/c6-5(3-9)10-4(1-7)2-8/h4-5,8-9H,1-3,6-7H2/t4-,5-/m1/s1. The highest BCUT2D eigenvalue weighted by molar-refractivity contribution is 6.11. The molecular weight excluding hydrogens is 133 g/mol. The normalized spacial score (nSPS) is 16.7. The lowest BCUT2D eigenvalue weighted by atomic mass is 10.0. The van der Waals surface area contributed by atoms with Crippen molar-refractivity contribution in [1.29, 1.82) is 0 Å². The largest absolute Gasteiger partial charge is 0.394 e. The van der Waals surface area contributed by atoms with E-state index in [0.717, 1.165) is 0 Å². The second-order valence-electron chi connectivity index (χ2n) is 2.17. The molecule has 0 rings (SSSR count). The quantitative estimate of drug-likeness (QED) is 0.369. The maximum Gasteiger partial charge on any atom is 0.142 e. The van der Waals surface area contributed by atoms with Crippen molar-refractivity contribution >= 4 is 7.85 Å². The third-order valence-electron chi connectivity index (χ3n) is 1.15. The van der Waals surface area contributed by atoms with Crippen LogP contribution in [0, 0.1) is 0 Å². The topological polar surface area (TPSA) is 75.7 Å². The monoisotopic (exact) mass is 147 g/mol. The molecule has 0 amide bonds. The summed E-state index contributed by atoms with van der Waals surface area (Å²) >= 11 is 0. The number of ether oxygens (including phenoxy) is 1. The number of rotatable bonds is 5. The Bertz CT molecular complexity index is 79.3. The van der Waals surface area contributed by atoms with Crippen molar-refractivity contribution < 1.29 is 14.9 Å². The Morgan fingerprint density at radius 1 is 1.40 bits per heavy atom. The smallest absolute Gasteiger partial charge is 0.142 e. The molecule has 0 unspecified atom stereocenters. The molecule has 10 heavy (non-hydrogen) atoms. The highest BCUT2D eigenvalue weighted by Crippen LogP contribution is 1.92. The van der Waals surface area contributed by atoms with E-state index in [2.05, 4.69) is 0 Å². The summed E-state index contributed by atoms with van der Waals surface area (Å²) in [4.78, 5) is 0. The van der Waals surface area contributed by atoms with E-state index in [1.807, 2.05) is 0 Å². The maximum atomic E-state index is 8.58. The SMILES string of the molecule is B[C@@H](CO)O[C@H](CN)CO. The first kappa shape index (κ1) is 9.90. The van der Waals surface area contributed by atoms with E-state index in [1.54, 1.807) is 7.85 Å². The second kappa shape index (κ2) is 5.67. The predicted molar refractivity (Wildman–Crippen MR) is 40.4 cm³/mol. The van der Waals surface area contributed by atoms with Crippen molar-refractivity contribution in [1.82, 2.24) is 0 Å². The van der Waals surface area contributed by atoms with Crippen LogP contribution >= 0.6 is 0 Å². The molecule has 0 spiro atoms. The van der Waals surface area contributed by atoms with Gasteiger partial charge in [0.2, 0.25) is 0 Å². The van der Waals surface area contributed by atoms with Gasteiger partial charge < -0.3 is 20.7 Å². The van der Waals surface area contributed by atoms with Gasteiger partial charge in [-0.15, -0.1) is 0 Å². The van der Waals surface area contributed by atoms with Crippen molar-refractivity contribution in [3.63, 3.8) is 0 Å². The van der Waals surface area contributed by atoms with Gasteiger partial charge in [0.15, 0.2) is 0 Å². The van der Waals surface area contributed by atoms with Crippen LogP contribution in [0.4, 0.5) is 0 Å². The molecule has 0 aliphatic carbocycles. The van der Waals surface area contributed by atoms with Crippen LogP contribution in [0.3, 0.4) is 0 Å². The Hall–Kier alpha value is -0.0951. The van der Waals surface area contributed by atoms with Crippen molar-refractivity contribution in [2.75, 3.05) is 19.8 Å². The summed E-state index contributed by atoms with van der Waals surface area (Å²) in [6.45, 7) is 0.137. The second-order valence-corrected chi connectivity index (χ2v) is 2.17. The molecule has 0 aromatic carbocycles. The van der Waals surface area contributed by atoms with E-state index >= 15 is 0 Å². The van der Waals surface area contributed by atoms with Crippen LogP contribution in [0.1, 0.15) is 0 Å². The van der Waals surface area contributed by atoms with Crippen LogP contribution in [-0.2, 0) is 4.74 Å². The molecular formula is C5H14BNO3. The first-order valence-electron chi connectivity index (χ1n) is 3.31. The van der Waals surface area contributed by atoms with Crippen molar-refractivity contribution in [2.45, 2.75) is 12.1 Å². The zero-order valence-electron chi connectivity index (χ0n) is 6.16. The van der Waals surface area contributed by atoms with Crippen molar-refractivity contribution in [2.24, 2.45) is 5.73 Å². The van der Waals surface area contributed by atoms with Crippen LogP contribution < -0.4 is 5.73 Å². The summed E-state index contributed by atoms with van der Waals surface area (Å²) in [6.07, 6.45) is -0.345. The zero-order chi connectivity index (χ0) is 7.98. The number of hydrogen-bond donors (Lipinski definition) is 3. The summed E-state index contributed by atoms with van der Waals surface area (Å²) in [7, 11) is 1.72. The molecule has 0 bridgehead atoms. The molecule has 0 aliphatic rings. The van der Waals surface area contributed by atoms with E-state index in [-0.39, 0.29) is 31.9 Å². The molecule has 0 saturated carbocycles. The number of nitrogens with two attached hydrogens (primary N) is 1. The molecule has 0 heterocycles. The summed E-state index contributed by atoms with van der Waals surface area (Å²) in [5.74, 6) is 0. The van der Waals surface area contributed by atoms with Crippen molar-refractivity contribution in [3.8, 4) is 0 Å². The Morgan fingerprint density at radius 2 is 2.00 bits per heavy atom. The van der Waals surface area contributed by atoms with Crippen LogP contribution in [0.5, 0.6) is 0 Å². The Kier molecular flexibility index (Phi) is 5.62. The molecule has 0 fully saturated rings. The third kappa shape index (κ3) is 3.84. The number of aliphatic hydroxyl groups excluding tert-OH is 2. The molecule has 0 aliphatic heterocycles. The van der Waals surface area contributed by atoms with Gasteiger partial charge >= 0.3 is 0 Å². The van der Waals surface area contributed by atoms with E-state index < -0.39 is 0 Å². The summed E-state index contributed by atoms with van der Waals surface area (Å²) in [5.41, 5.74) is 5.22. The minimum absolute atomic E-state index is 0.0451. The molecule has 2 atom stereocenters. The summed E-state index contributed by atoms with van der Waals surface area (Å²) < 4.78 is 5.07. The number of aliphatic hydroxyl groups is 2. The fourth-order valence-electron chi connectivity index (χ4n) is 0.545. The van der Waals surface area contributed by atoms with Gasteiger partial charge in [-0.1, -0.05) is 0 Å². The molecule has 60 valence electrons. The molecule has 5 heteroatoms. The average molecular weight is 147 g/mol. The highest BCUT2D eigenvalue weighted by atomic mass is 16.5. The molecule has 0 aromatic rings. The van der Waals surface area contributed by atoms with Crippen LogP contribution in [0.25, 0.3) is 0 Å². The van der Waals surface area contributed by atoms with E-state index in [0.29, 0.717) is 0 Å². The van der Waals surface area contributed by atoms with Gasteiger partial charge in [0.25, 0.3) is 0 Å². The summed E-state index contributed by atoms with van der Waals surface area (Å²) in [5, 5.41) is 17.1. The van der Waals surface area contributed by atoms with Gasteiger partial charge in [-0.3, -0.25) is 0 Å². The van der Waals surface area contributed by atoms with Gasteiger partial charge in [0.05, 0.1) is 19.3 Å². The molecule has 0 radical (unpaired) electrons. The molecule has 0 aromatic heterocycles. The fourth-order valence-corrected chi connectivity index (χ4v) is 0.545. The average Bonchev–Trinajstić information content (AvgIpc) is 1.99. The Balaban J connectivity index is 3.41. The predicted octanol–water partition coefficient (Wildman–Crippen LogP) is -2.73. The van der Waals surface area contributed by atoms with E-state index in [4.69, 9.17) is 20.7 Å². The lowest BCUT2D eigenvalue weighted by Gasteiger charge is -2.17. The Labute approximate surface area is 61.4 Å². The first-order chi connectivity index (χ1) is 4.74. The van der Waals surface area contributed by atoms with E-state index in [1.165, 1.54) is 0 Å². The van der Waals surface area contributed by atoms with Gasteiger partial charge in [0.1, 0.15) is 7.85 Å². The van der Waals surface area contributed by atoms with Gasteiger partial charge in [0, 0.05) is 12.5 Å². The number of hydrogen-bond acceptors (Lipinski definition) is 4. The van der Waals surface area contributed by atoms with Crippen LogP contribution in [0.15, 0.2) is 0 Å². The van der Waals surface area contributed by atoms with Crippen molar-refractivity contribution in [3.05, 3.63) is 0 Å². The lowest BCUT2D eigenvalue weighted by molar-refractivity contribution is -0.0188. The third-order valence-corrected chi connectivity index (χ3v) is 1.15. The minimum atomic E-state index is -0.345. The first-order valence-corrected chi connectivity index (χ1v) is 3.31. The van der Waals surface area contributed by atoms with Crippen LogP contribution in [-0.4, -0.2) is 49.9 Å². The maximum absolute atomic E-state index is 8.58. The lowest BCUT2D eigenvalue weighted by Crippen LogP contribution is -2.33. The summed E-state index contributed by atoms with van der Waals surface area (Å²) in [6, 6.07) is -0.249. The molecule has 0 saturated heterocycles. The Morgan fingerprint density at radius 3 is 2.30 bits per heavy atom. The molecule has 4 nitrogen and oxygen atoms in total. The molecule has 4 N–H and O–H groups in total. The van der Waals surface area contributed by atoms with Gasteiger partial charge in [-0.2, -0.15) is 0 Å². The zero-order valence-corrected chi connectivity index (χ0v) is 6.16. The highest BCUT2D eigenvalue weighted by Gasteiger charge is 2.08. The van der Waals surface area contributed by atoms with E-state index in [9.17, 15) is 0 Å².